The molecule has 1 aromatic heterocycles. The average molecular weight is 302 g/mol. The fourth-order valence-electron chi connectivity index (χ4n) is 1.58. The topological polar surface area (TPSA) is 49.2 Å². The lowest BCUT2D eigenvalue weighted by atomic mass is 10.3. The molecule has 1 heterocycles. The van der Waals surface area contributed by atoms with Gasteiger partial charge in [-0.1, -0.05) is 20.3 Å². The first-order chi connectivity index (χ1) is 8.21. The van der Waals surface area contributed by atoms with Crippen LogP contribution in [0.5, 0.6) is 0 Å². The van der Waals surface area contributed by atoms with E-state index in [1.807, 2.05) is 13.0 Å². The maximum Gasteiger partial charge on any atom is 0.133 e. The van der Waals surface area contributed by atoms with Gasteiger partial charge in [-0.15, -0.1) is 0 Å². The van der Waals surface area contributed by atoms with Crippen molar-refractivity contribution < 1.29 is 5.11 Å². The fourth-order valence-corrected chi connectivity index (χ4v) is 1.99. The molecule has 1 aromatic rings. The molecular formula is C12H20BrN3O. The van der Waals surface area contributed by atoms with Gasteiger partial charge in [0.2, 0.25) is 0 Å². The number of aromatic nitrogens is 2. The Morgan fingerprint density at radius 2 is 2.06 bits per heavy atom. The molecule has 0 aliphatic carbocycles. The summed E-state index contributed by atoms with van der Waals surface area (Å²) in [6.07, 6.45) is 3.05. The minimum atomic E-state index is 0.146. The second-order valence-corrected chi connectivity index (χ2v) is 4.70. The SMILES string of the molecule is CCCCN(CCO)c1cc(Br)nc(CC)n1. The van der Waals surface area contributed by atoms with E-state index >= 15 is 0 Å². The average Bonchev–Trinajstić information content (AvgIpc) is 2.33. The number of rotatable bonds is 7. The summed E-state index contributed by atoms with van der Waals surface area (Å²) in [5.41, 5.74) is 0. The molecule has 5 heteroatoms. The molecule has 0 aliphatic rings. The molecule has 0 bridgehead atoms. The molecule has 17 heavy (non-hydrogen) atoms. The number of halogens is 1. The zero-order chi connectivity index (χ0) is 12.7. The standard InChI is InChI=1S/C12H20BrN3O/c1-3-5-6-16(7-8-17)12-9-10(13)14-11(4-2)15-12/h9,17H,3-8H2,1-2H3. The highest BCUT2D eigenvalue weighted by Gasteiger charge is 2.09. The molecule has 4 nitrogen and oxygen atoms in total. The van der Waals surface area contributed by atoms with Crippen LogP contribution in [0.15, 0.2) is 10.7 Å². The minimum Gasteiger partial charge on any atom is -0.395 e. The van der Waals surface area contributed by atoms with Gasteiger partial charge in [-0.3, -0.25) is 0 Å². The molecule has 0 atom stereocenters. The molecule has 0 unspecified atom stereocenters. The van der Waals surface area contributed by atoms with Crippen LogP contribution in [0.25, 0.3) is 0 Å². The Balaban J connectivity index is 2.87. The van der Waals surface area contributed by atoms with E-state index in [1.165, 1.54) is 0 Å². The maximum absolute atomic E-state index is 9.10. The predicted octanol–water partition coefficient (Wildman–Crippen LogP) is 2.40. The van der Waals surface area contributed by atoms with Crippen LogP contribution >= 0.6 is 15.9 Å². The monoisotopic (exact) mass is 301 g/mol. The summed E-state index contributed by atoms with van der Waals surface area (Å²) in [5.74, 6) is 1.72. The number of anilines is 1. The highest BCUT2D eigenvalue weighted by atomic mass is 79.9. The molecule has 1 rings (SSSR count). The van der Waals surface area contributed by atoms with E-state index in [4.69, 9.17) is 5.11 Å². The van der Waals surface area contributed by atoms with E-state index in [0.29, 0.717) is 6.54 Å². The van der Waals surface area contributed by atoms with Gasteiger partial charge in [0, 0.05) is 25.6 Å². The van der Waals surface area contributed by atoms with Gasteiger partial charge in [0.1, 0.15) is 16.2 Å². The number of hydrogen-bond donors (Lipinski definition) is 1. The Labute approximate surface area is 111 Å². The molecule has 0 radical (unpaired) electrons. The summed E-state index contributed by atoms with van der Waals surface area (Å²) in [6.45, 7) is 5.88. The molecule has 0 amide bonds. The number of aliphatic hydroxyl groups excluding tert-OH is 1. The lowest BCUT2D eigenvalue weighted by Crippen LogP contribution is -2.29. The van der Waals surface area contributed by atoms with Crippen LogP contribution in [0.3, 0.4) is 0 Å². The number of hydrogen-bond acceptors (Lipinski definition) is 4. The van der Waals surface area contributed by atoms with Crippen molar-refractivity contribution in [2.45, 2.75) is 33.1 Å². The van der Waals surface area contributed by atoms with Crippen molar-refractivity contribution in [1.29, 1.82) is 0 Å². The molecule has 0 saturated carbocycles. The van der Waals surface area contributed by atoms with Gasteiger partial charge in [-0.05, 0) is 22.4 Å². The van der Waals surface area contributed by atoms with Gasteiger partial charge in [-0.25, -0.2) is 9.97 Å². The third kappa shape index (κ3) is 4.60. The van der Waals surface area contributed by atoms with Gasteiger partial charge in [-0.2, -0.15) is 0 Å². The summed E-state index contributed by atoms with van der Waals surface area (Å²) in [6, 6.07) is 1.91. The number of unbranched alkanes of at least 4 members (excludes halogenated alkanes) is 1. The Morgan fingerprint density at radius 1 is 1.29 bits per heavy atom. The van der Waals surface area contributed by atoms with Gasteiger partial charge in [0.05, 0.1) is 6.61 Å². The second-order valence-electron chi connectivity index (χ2n) is 3.88. The van der Waals surface area contributed by atoms with Crippen LogP contribution in [0, 0.1) is 0 Å². The Morgan fingerprint density at radius 3 is 2.65 bits per heavy atom. The van der Waals surface area contributed by atoms with Gasteiger partial charge in [0.15, 0.2) is 0 Å². The van der Waals surface area contributed by atoms with E-state index in [0.717, 1.165) is 42.1 Å². The lowest BCUT2D eigenvalue weighted by Gasteiger charge is -2.23. The second kappa shape index (κ2) is 7.61. The molecule has 1 N–H and O–H groups in total. The number of aryl methyl sites for hydroxylation is 1. The number of aliphatic hydroxyl groups is 1. The molecule has 0 spiro atoms. The predicted molar refractivity (Wildman–Crippen MR) is 73.3 cm³/mol. The van der Waals surface area contributed by atoms with E-state index in [9.17, 15) is 0 Å². The van der Waals surface area contributed by atoms with Crippen LogP contribution < -0.4 is 4.90 Å². The van der Waals surface area contributed by atoms with Crippen LogP contribution in [-0.4, -0.2) is 34.8 Å². The molecule has 0 aromatic carbocycles. The minimum absolute atomic E-state index is 0.146. The third-order valence-corrected chi connectivity index (χ3v) is 2.93. The summed E-state index contributed by atoms with van der Waals surface area (Å²) in [7, 11) is 0. The van der Waals surface area contributed by atoms with Crippen molar-refractivity contribution in [3.05, 3.63) is 16.5 Å². The maximum atomic E-state index is 9.10. The lowest BCUT2D eigenvalue weighted by molar-refractivity contribution is 0.301. The normalized spacial score (nSPS) is 10.6. The highest BCUT2D eigenvalue weighted by molar-refractivity contribution is 9.10. The van der Waals surface area contributed by atoms with Gasteiger partial charge >= 0.3 is 0 Å². The molecule has 96 valence electrons. The summed E-state index contributed by atoms with van der Waals surface area (Å²) in [4.78, 5) is 10.9. The zero-order valence-corrected chi connectivity index (χ0v) is 12.1. The van der Waals surface area contributed by atoms with Crippen molar-refractivity contribution in [1.82, 2.24) is 9.97 Å². The molecule has 0 saturated heterocycles. The third-order valence-electron chi connectivity index (χ3n) is 2.52. The Bertz CT molecular complexity index is 347. The smallest absolute Gasteiger partial charge is 0.133 e. The first-order valence-electron chi connectivity index (χ1n) is 6.10. The first-order valence-corrected chi connectivity index (χ1v) is 6.89. The van der Waals surface area contributed by atoms with E-state index in [1.54, 1.807) is 0 Å². The quantitative estimate of drug-likeness (QED) is 0.786. The van der Waals surface area contributed by atoms with Crippen molar-refractivity contribution in [3.8, 4) is 0 Å². The Kier molecular flexibility index (Phi) is 6.44. The van der Waals surface area contributed by atoms with Crippen molar-refractivity contribution in [2.24, 2.45) is 0 Å². The van der Waals surface area contributed by atoms with Gasteiger partial charge in [0.25, 0.3) is 0 Å². The molecule has 0 aliphatic heterocycles. The summed E-state index contributed by atoms with van der Waals surface area (Å²) in [5, 5.41) is 9.10. The van der Waals surface area contributed by atoms with Crippen LogP contribution in [0.2, 0.25) is 0 Å². The first kappa shape index (κ1) is 14.4. The number of nitrogens with zero attached hydrogens (tertiary/aromatic N) is 3. The Hall–Kier alpha value is -0.680. The molecule has 0 fully saturated rings. The van der Waals surface area contributed by atoms with E-state index < -0.39 is 0 Å². The summed E-state index contributed by atoms with van der Waals surface area (Å²) < 4.78 is 0.804. The van der Waals surface area contributed by atoms with Crippen molar-refractivity contribution in [3.63, 3.8) is 0 Å². The molecular weight excluding hydrogens is 282 g/mol. The zero-order valence-electron chi connectivity index (χ0n) is 10.5. The summed E-state index contributed by atoms with van der Waals surface area (Å²) >= 11 is 3.40. The van der Waals surface area contributed by atoms with Crippen LogP contribution in [0.4, 0.5) is 5.82 Å². The van der Waals surface area contributed by atoms with Crippen molar-refractivity contribution in [2.75, 3.05) is 24.6 Å². The van der Waals surface area contributed by atoms with Crippen LogP contribution in [0.1, 0.15) is 32.5 Å². The fraction of sp³-hybridized carbons (Fsp3) is 0.667. The van der Waals surface area contributed by atoms with Gasteiger partial charge < -0.3 is 10.0 Å². The largest absolute Gasteiger partial charge is 0.395 e. The van der Waals surface area contributed by atoms with E-state index in [-0.39, 0.29) is 6.61 Å². The van der Waals surface area contributed by atoms with Crippen LogP contribution in [-0.2, 0) is 6.42 Å². The highest BCUT2D eigenvalue weighted by Crippen LogP contribution is 2.17. The van der Waals surface area contributed by atoms with E-state index in [2.05, 4.69) is 37.7 Å². The van der Waals surface area contributed by atoms with Crippen molar-refractivity contribution >= 4 is 21.7 Å².